The molecule has 50 heavy (non-hydrogen) atoms. The Bertz CT molecular complexity index is 1900. The van der Waals surface area contributed by atoms with Crippen LogP contribution in [0.3, 0.4) is 0 Å². The molecule has 4 aromatic rings. The van der Waals surface area contributed by atoms with Gasteiger partial charge in [-0.2, -0.15) is 0 Å². The van der Waals surface area contributed by atoms with Gasteiger partial charge in [-0.05, 0) is 0 Å². The fourth-order valence-electron chi connectivity index (χ4n) is 7.00. The quantitative estimate of drug-likeness (QED) is 0.191. The Morgan fingerprint density at radius 3 is 1.84 bits per heavy atom. The minimum atomic E-state index is -4.61. The molecule has 0 N–H and O–H groups in total. The van der Waals surface area contributed by atoms with E-state index in [2.05, 4.69) is 64.1 Å². The van der Waals surface area contributed by atoms with Gasteiger partial charge in [-0.1, -0.05) is 0 Å². The van der Waals surface area contributed by atoms with Gasteiger partial charge in [-0.3, -0.25) is 0 Å². The van der Waals surface area contributed by atoms with Gasteiger partial charge in [0.25, 0.3) is 0 Å². The largest absolute Gasteiger partial charge is 1.00 e. The SMILES string of the molecule is CCCCC1C=C(C(C)(C)C)C=[C]1[Zr+2](=[C](c1cccc(C(F)(F)F)c1)c1cccc(C(F)(F)F)c1)[c]1cccc2c1Cc1ccccc1-2.[Cl-].[Cl-]. The molecule has 0 aliphatic heterocycles. The summed E-state index contributed by atoms with van der Waals surface area (Å²) in [6.07, 6.45) is -1.13. The number of unbranched alkanes of at least 4 members (excludes halogenated alkanes) is 1. The average Bonchev–Trinajstić information content (AvgIpc) is 3.64. The van der Waals surface area contributed by atoms with Crippen LogP contribution in [0.5, 0.6) is 0 Å². The molecule has 1 atom stereocenters. The molecular weight excluding hydrogens is 769 g/mol. The zero-order valence-corrected chi connectivity index (χ0v) is 32.2. The topological polar surface area (TPSA) is 0 Å². The maximum absolute atomic E-state index is 14.2. The number of benzene rings is 4. The maximum atomic E-state index is 14.2. The first-order chi connectivity index (χ1) is 22.7. The van der Waals surface area contributed by atoms with E-state index in [0.29, 0.717) is 20.8 Å². The van der Waals surface area contributed by atoms with Crippen LogP contribution in [0.25, 0.3) is 11.1 Å². The summed E-state index contributed by atoms with van der Waals surface area (Å²) in [5, 5.41) is 0. The molecule has 262 valence electrons. The summed E-state index contributed by atoms with van der Waals surface area (Å²) in [5.41, 5.74) is 4.60. The Balaban J connectivity index is 0.00000281. The number of halogens is 8. The Labute approximate surface area is 310 Å². The van der Waals surface area contributed by atoms with Gasteiger partial charge in [0.1, 0.15) is 0 Å². The number of alkyl halides is 6. The van der Waals surface area contributed by atoms with Crippen LogP contribution in [-0.4, -0.2) is 3.21 Å². The first-order valence-corrected chi connectivity index (χ1v) is 20.1. The molecule has 0 spiro atoms. The molecule has 0 nitrogen and oxygen atoms in total. The Kier molecular flexibility index (Phi) is 12.4. The van der Waals surface area contributed by atoms with Gasteiger partial charge in [0.15, 0.2) is 0 Å². The van der Waals surface area contributed by atoms with E-state index in [4.69, 9.17) is 0 Å². The monoisotopic (exact) mass is 804 g/mol. The van der Waals surface area contributed by atoms with Crippen molar-refractivity contribution in [2.75, 3.05) is 0 Å². The van der Waals surface area contributed by atoms with Crippen LogP contribution in [0.15, 0.2) is 112 Å². The van der Waals surface area contributed by atoms with Gasteiger partial charge >= 0.3 is 288 Å². The van der Waals surface area contributed by atoms with Crippen molar-refractivity contribution in [2.24, 2.45) is 11.3 Å². The van der Waals surface area contributed by atoms with E-state index in [1.165, 1.54) is 26.6 Å². The van der Waals surface area contributed by atoms with Crippen LogP contribution < -0.4 is 28.1 Å². The van der Waals surface area contributed by atoms with Crippen LogP contribution in [-0.2, 0) is 40.0 Å². The molecule has 0 bridgehead atoms. The number of rotatable bonds is 7. The molecule has 2 aliphatic rings. The summed E-state index contributed by atoms with van der Waals surface area (Å²) in [6.45, 7) is 8.59. The summed E-state index contributed by atoms with van der Waals surface area (Å²) >= 11 is -3.65. The second kappa shape index (κ2) is 15.5. The molecular formula is C41H38Cl2F6Zr. The number of fused-ring (bicyclic) bond motifs is 3. The molecule has 0 radical (unpaired) electrons. The van der Waals surface area contributed by atoms with Gasteiger partial charge in [0.05, 0.1) is 0 Å². The third-order valence-corrected chi connectivity index (χ3v) is 17.3. The first-order valence-electron chi connectivity index (χ1n) is 16.4. The molecule has 0 fully saturated rings. The average molecular weight is 807 g/mol. The van der Waals surface area contributed by atoms with E-state index < -0.39 is 44.7 Å². The standard InChI is InChI=1S/C15H8F6.C13H9.C13H21.2ClH.Zr/c16-14(17,18)12-5-1-3-10(8-12)7-11-4-2-6-13(9-11)15(19,20)21;1-3-7-12-10(5-1)9-11-6-2-4-8-13(11)12;1-5-6-7-11-8-9-12(10-11)13(2,3)4;;;/h1-6,8-9H;1-5,7-8H,9H2;9-11H,5-7H2,1-4H3;2*1H;/q;;;;;+2/p-2. The van der Waals surface area contributed by atoms with Crippen molar-refractivity contribution < 1.29 is 72.4 Å². The molecule has 0 amide bonds. The van der Waals surface area contributed by atoms with E-state index in [1.807, 2.05) is 18.2 Å². The van der Waals surface area contributed by atoms with Gasteiger partial charge in [0, 0.05) is 0 Å². The van der Waals surface area contributed by atoms with Crippen LogP contribution in [0.2, 0.25) is 0 Å². The molecule has 9 heteroatoms. The number of hydrogen-bond donors (Lipinski definition) is 0. The third-order valence-electron chi connectivity index (χ3n) is 9.44. The summed E-state index contributed by atoms with van der Waals surface area (Å²) in [5.74, 6) is 0.0554. The summed E-state index contributed by atoms with van der Waals surface area (Å²) in [4.78, 5) is 0. The third kappa shape index (κ3) is 8.16. The second-order valence-corrected chi connectivity index (χ2v) is 19.6. The molecule has 0 saturated heterocycles. The molecule has 0 aromatic heterocycles. The zero-order chi connectivity index (χ0) is 34.4. The number of allylic oxidation sites excluding steroid dienone is 4. The Morgan fingerprint density at radius 1 is 0.720 bits per heavy atom. The van der Waals surface area contributed by atoms with Crippen LogP contribution in [0.4, 0.5) is 26.3 Å². The van der Waals surface area contributed by atoms with Crippen LogP contribution >= 0.6 is 0 Å². The van der Waals surface area contributed by atoms with Crippen LogP contribution in [0.1, 0.15) is 80.3 Å². The summed E-state index contributed by atoms with van der Waals surface area (Å²) in [7, 11) is 0. The van der Waals surface area contributed by atoms with E-state index in [0.717, 1.165) is 63.5 Å². The van der Waals surface area contributed by atoms with Crippen molar-refractivity contribution in [3.8, 4) is 11.1 Å². The van der Waals surface area contributed by atoms with Crippen molar-refractivity contribution in [3.05, 3.63) is 145 Å². The molecule has 1 unspecified atom stereocenters. The summed E-state index contributed by atoms with van der Waals surface area (Å²) < 4.78 is 88.3. The van der Waals surface area contributed by atoms with Gasteiger partial charge in [0.2, 0.25) is 0 Å². The second-order valence-electron chi connectivity index (χ2n) is 13.8. The van der Waals surface area contributed by atoms with Gasteiger partial charge in [-0.15, -0.1) is 0 Å². The smallest absolute Gasteiger partial charge is 1.00 e. The van der Waals surface area contributed by atoms with E-state index >= 15 is 0 Å². The van der Waals surface area contributed by atoms with Gasteiger partial charge in [-0.25, -0.2) is 0 Å². The van der Waals surface area contributed by atoms with Crippen molar-refractivity contribution in [2.45, 2.75) is 65.7 Å². The predicted octanol–water partition coefficient (Wildman–Crippen LogP) is 5.49. The minimum Gasteiger partial charge on any atom is -1.00 e. The fraction of sp³-hybridized carbons (Fsp3) is 0.293. The molecule has 6 rings (SSSR count). The normalized spacial score (nSPS) is 15.1. The fourth-order valence-corrected chi connectivity index (χ4v) is 15.5. The molecule has 4 aromatic carbocycles. The van der Waals surface area contributed by atoms with Gasteiger partial charge < -0.3 is 24.8 Å². The molecule has 0 saturated carbocycles. The van der Waals surface area contributed by atoms with Crippen molar-refractivity contribution >= 4 is 6.48 Å². The molecule has 2 aliphatic carbocycles. The zero-order valence-electron chi connectivity index (χ0n) is 28.2. The Morgan fingerprint density at radius 2 is 1.28 bits per heavy atom. The minimum absolute atomic E-state index is 0. The Hall–Kier alpha value is -2.73. The van der Waals surface area contributed by atoms with E-state index in [-0.39, 0.29) is 36.1 Å². The van der Waals surface area contributed by atoms with Crippen LogP contribution in [0, 0.1) is 11.3 Å². The van der Waals surface area contributed by atoms with E-state index in [1.54, 1.807) is 12.1 Å². The number of hydrogen-bond acceptors (Lipinski definition) is 0. The van der Waals surface area contributed by atoms with Crippen molar-refractivity contribution in [1.29, 1.82) is 0 Å². The molecule has 0 heterocycles. The van der Waals surface area contributed by atoms with Crippen molar-refractivity contribution in [3.63, 3.8) is 0 Å². The first kappa shape index (κ1) is 40.0. The van der Waals surface area contributed by atoms with E-state index in [9.17, 15) is 26.3 Å². The predicted molar refractivity (Wildman–Crippen MR) is 179 cm³/mol. The maximum Gasteiger partial charge on any atom is -1.00 e. The van der Waals surface area contributed by atoms with Crippen molar-refractivity contribution in [1.82, 2.24) is 0 Å². The summed E-state index contributed by atoms with van der Waals surface area (Å²) in [6, 6.07) is 24.8.